The number of halogens is 2. The second-order valence-corrected chi connectivity index (χ2v) is 5.31. The van der Waals surface area contributed by atoms with Crippen LogP contribution in [0, 0.1) is 18.8 Å². The monoisotopic (exact) mass is 320 g/mol. The van der Waals surface area contributed by atoms with E-state index in [0.29, 0.717) is 22.4 Å². The van der Waals surface area contributed by atoms with Gasteiger partial charge in [0, 0.05) is 0 Å². The molecule has 0 aliphatic heterocycles. The minimum absolute atomic E-state index is 0.180. The minimum Gasteiger partial charge on any atom is -0.488 e. The number of hydrogen-bond donors (Lipinski definition) is 1. The number of aryl methyl sites for hydroxylation is 1. The van der Waals surface area contributed by atoms with Gasteiger partial charge in [0.25, 0.3) is 0 Å². The lowest BCUT2D eigenvalue weighted by molar-refractivity contribution is 0.305. The third-order valence-electron chi connectivity index (χ3n) is 2.82. The van der Waals surface area contributed by atoms with Crippen molar-refractivity contribution < 1.29 is 9.84 Å². The van der Waals surface area contributed by atoms with E-state index in [-0.39, 0.29) is 6.61 Å². The van der Waals surface area contributed by atoms with Crippen LogP contribution in [0.25, 0.3) is 0 Å². The van der Waals surface area contributed by atoms with Crippen LogP contribution in [0.3, 0.4) is 0 Å². The lowest BCUT2D eigenvalue weighted by Crippen LogP contribution is -1.98. The maximum absolute atomic E-state index is 8.81. The molecule has 0 heterocycles. The quantitative estimate of drug-likeness (QED) is 0.858. The molecular weight excluding hydrogens is 307 g/mol. The standard InChI is InChI=1S/C17H14Cl2O2/c1-12-4-7-17(14(9-12)3-2-8-20)21-11-13-5-6-15(18)16(19)10-13/h4-7,9-10,20H,8,11H2,1H3. The largest absolute Gasteiger partial charge is 0.488 e. The Labute approximate surface area is 134 Å². The van der Waals surface area contributed by atoms with Gasteiger partial charge in [-0.3, -0.25) is 0 Å². The van der Waals surface area contributed by atoms with Crippen molar-refractivity contribution in [3.63, 3.8) is 0 Å². The molecule has 0 amide bonds. The Balaban J connectivity index is 2.17. The van der Waals surface area contributed by atoms with Crippen LogP contribution in [-0.2, 0) is 6.61 Å². The van der Waals surface area contributed by atoms with Gasteiger partial charge in [0.15, 0.2) is 0 Å². The maximum Gasteiger partial charge on any atom is 0.135 e. The maximum atomic E-state index is 8.81. The summed E-state index contributed by atoms with van der Waals surface area (Å²) in [6.45, 7) is 2.17. The fourth-order valence-corrected chi connectivity index (χ4v) is 2.11. The lowest BCUT2D eigenvalue weighted by atomic mass is 10.1. The van der Waals surface area contributed by atoms with Crippen LogP contribution in [-0.4, -0.2) is 11.7 Å². The van der Waals surface area contributed by atoms with Gasteiger partial charge in [-0.1, -0.05) is 47.2 Å². The third-order valence-corrected chi connectivity index (χ3v) is 3.55. The average molecular weight is 321 g/mol. The molecule has 0 bridgehead atoms. The van der Waals surface area contributed by atoms with E-state index in [0.717, 1.165) is 16.7 Å². The molecule has 0 aromatic heterocycles. The highest BCUT2D eigenvalue weighted by Gasteiger charge is 2.04. The number of aliphatic hydroxyl groups is 1. The highest BCUT2D eigenvalue weighted by Crippen LogP contribution is 2.24. The number of rotatable bonds is 3. The first kappa shape index (κ1) is 15.7. The summed E-state index contributed by atoms with van der Waals surface area (Å²) < 4.78 is 5.78. The van der Waals surface area contributed by atoms with E-state index in [2.05, 4.69) is 11.8 Å². The van der Waals surface area contributed by atoms with E-state index in [1.165, 1.54) is 0 Å². The zero-order valence-electron chi connectivity index (χ0n) is 11.5. The second kappa shape index (κ2) is 7.38. The summed E-state index contributed by atoms with van der Waals surface area (Å²) in [6.07, 6.45) is 0. The summed E-state index contributed by atoms with van der Waals surface area (Å²) in [6, 6.07) is 11.1. The summed E-state index contributed by atoms with van der Waals surface area (Å²) in [4.78, 5) is 0. The molecule has 108 valence electrons. The predicted molar refractivity (Wildman–Crippen MR) is 85.9 cm³/mol. The van der Waals surface area contributed by atoms with Crippen LogP contribution < -0.4 is 4.74 Å². The van der Waals surface area contributed by atoms with E-state index in [1.807, 2.05) is 31.2 Å². The van der Waals surface area contributed by atoms with Gasteiger partial charge in [-0.05, 0) is 42.3 Å². The molecule has 0 saturated carbocycles. The van der Waals surface area contributed by atoms with Gasteiger partial charge in [0.05, 0.1) is 15.6 Å². The van der Waals surface area contributed by atoms with E-state index in [1.54, 1.807) is 12.1 Å². The molecular formula is C17H14Cl2O2. The number of aliphatic hydroxyl groups excluding tert-OH is 1. The molecule has 4 heteroatoms. The Morgan fingerprint density at radius 1 is 1.10 bits per heavy atom. The highest BCUT2D eigenvalue weighted by molar-refractivity contribution is 6.42. The molecule has 2 aromatic carbocycles. The number of benzene rings is 2. The van der Waals surface area contributed by atoms with Gasteiger partial charge < -0.3 is 9.84 Å². The normalized spacial score (nSPS) is 9.90. The molecule has 0 aliphatic rings. The van der Waals surface area contributed by atoms with Gasteiger partial charge in [-0.2, -0.15) is 0 Å². The third kappa shape index (κ3) is 4.41. The fraction of sp³-hybridized carbons (Fsp3) is 0.176. The molecule has 1 N–H and O–H groups in total. The smallest absolute Gasteiger partial charge is 0.135 e. The minimum atomic E-state index is -0.180. The summed E-state index contributed by atoms with van der Waals surface area (Å²) in [5.74, 6) is 6.20. The van der Waals surface area contributed by atoms with E-state index in [9.17, 15) is 0 Å². The molecule has 0 saturated heterocycles. The SMILES string of the molecule is Cc1ccc(OCc2ccc(Cl)c(Cl)c2)c(C#CCO)c1. The van der Waals surface area contributed by atoms with Crippen molar-refractivity contribution in [2.24, 2.45) is 0 Å². The van der Waals surface area contributed by atoms with E-state index >= 15 is 0 Å². The molecule has 0 spiro atoms. The summed E-state index contributed by atoms with van der Waals surface area (Å²) in [7, 11) is 0. The van der Waals surface area contributed by atoms with Gasteiger partial charge >= 0.3 is 0 Å². The molecule has 0 radical (unpaired) electrons. The average Bonchev–Trinajstić information content (AvgIpc) is 2.47. The summed E-state index contributed by atoms with van der Waals surface area (Å²) in [5.41, 5.74) is 2.76. The van der Waals surface area contributed by atoms with E-state index < -0.39 is 0 Å². The van der Waals surface area contributed by atoms with Crippen LogP contribution in [0.4, 0.5) is 0 Å². The van der Waals surface area contributed by atoms with Crippen LogP contribution in [0.2, 0.25) is 10.0 Å². The number of hydrogen-bond acceptors (Lipinski definition) is 2. The van der Waals surface area contributed by atoms with Crippen LogP contribution >= 0.6 is 23.2 Å². The first-order chi connectivity index (χ1) is 10.1. The number of ether oxygens (including phenoxy) is 1. The van der Waals surface area contributed by atoms with E-state index in [4.69, 9.17) is 33.0 Å². The molecule has 2 nitrogen and oxygen atoms in total. The Morgan fingerprint density at radius 3 is 2.62 bits per heavy atom. The van der Waals surface area contributed by atoms with Gasteiger partial charge in [-0.25, -0.2) is 0 Å². The van der Waals surface area contributed by atoms with Gasteiger partial charge in [0.1, 0.15) is 19.0 Å². The Morgan fingerprint density at radius 2 is 1.90 bits per heavy atom. The second-order valence-electron chi connectivity index (χ2n) is 4.50. The van der Waals surface area contributed by atoms with Crippen LogP contribution in [0.15, 0.2) is 36.4 Å². The zero-order valence-corrected chi connectivity index (χ0v) is 13.0. The molecule has 21 heavy (non-hydrogen) atoms. The first-order valence-electron chi connectivity index (χ1n) is 6.37. The van der Waals surface area contributed by atoms with Crippen molar-refractivity contribution in [2.45, 2.75) is 13.5 Å². The summed E-state index contributed by atoms with van der Waals surface area (Å²) in [5, 5.41) is 9.83. The molecule has 2 aromatic rings. The Hall–Kier alpha value is -1.66. The Kier molecular flexibility index (Phi) is 5.52. The van der Waals surface area contributed by atoms with Crippen molar-refractivity contribution in [3.05, 3.63) is 63.1 Å². The summed E-state index contributed by atoms with van der Waals surface area (Å²) >= 11 is 11.9. The van der Waals surface area contributed by atoms with Gasteiger partial charge in [0.2, 0.25) is 0 Å². The predicted octanol–water partition coefficient (Wildman–Crippen LogP) is 4.22. The molecule has 0 unspecified atom stereocenters. The Bertz CT molecular complexity index is 700. The van der Waals surface area contributed by atoms with Crippen molar-refractivity contribution in [2.75, 3.05) is 6.61 Å². The van der Waals surface area contributed by atoms with Gasteiger partial charge in [-0.15, -0.1) is 0 Å². The van der Waals surface area contributed by atoms with Crippen molar-refractivity contribution >= 4 is 23.2 Å². The highest BCUT2D eigenvalue weighted by atomic mass is 35.5. The fourth-order valence-electron chi connectivity index (χ4n) is 1.79. The lowest BCUT2D eigenvalue weighted by Gasteiger charge is -2.10. The van der Waals surface area contributed by atoms with Crippen molar-refractivity contribution in [3.8, 4) is 17.6 Å². The van der Waals surface area contributed by atoms with Crippen molar-refractivity contribution in [1.82, 2.24) is 0 Å². The molecule has 0 aliphatic carbocycles. The first-order valence-corrected chi connectivity index (χ1v) is 7.13. The topological polar surface area (TPSA) is 29.5 Å². The molecule has 0 fully saturated rings. The molecule has 2 rings (SSSR count). The van der Waals surface area contributed by atoms with Crippen molar-refractivity contribution in [1.29, 1.82) is 0 Å². The van der Waals surface area contributed by atoms with Crippen LogP contribution in [0.5, 0.6) is 5.75 Å². The zero-order chi connectivity index (χ0) is 15.2. The van der Waals surface area contributed by atoms with Crippen LogP contribution in [0.1, 0.15) is 16.7 Å². The molecule has 0 atom stereocenters.